The van der Waals surface area contributed by atoms with Crippen LogP contribution in [0.1, 0.15) is 35.7 Å². The summed E-state index contributed by atoms with van der Waals surface area (Å²) in [6, 6.07) is 4.47. The molecule has 126 valence electrons. The third-order valence-corrected chi connectivity index (χ3v) is 4.35. The molecule has 1 fully saturated rings. The molecule has 3 N–H and O–H groups in total. The second kappa shape index (κ2) is 8.03. The zero-order valence-corrected chi connectivity index (χ0v) is 13.5. The van der Waals surface area contributed by atoms with Gasteiger partial charge < -0.3 is 11.1 Å². The first kappa shape index (κ1) is 17.4. The van der Waals surface area contributed by atoms with E-state index in [0.717, 1.165) is 39.0 Å². The number of likely N-dealkylation sites (tertiary alicyclic amines) is 1. The third-order valence-electron chi connectivity index (χ3n) is 4.35. The van der Waals surface area contributed by atoms with Gasteiger partial charge in [-0.25, -0.2) is 0 Å². The van der Waals surface area contributed by atoms with Crippen LogP contribution in [-0.4, -0.2) is 41.9 Å². The fourth-order valence-electron chi connectivity index (χ4n) is 2.96. The van der Waals surface area contributed by atoms with Gasteiger partial charge in [0.05, 0.1) is 4.92 Å². The van der Waals surface area contributed by atoms with Crippen LogP contribution in [0.25, 0.3) is 0 Å². The first-order valence-corrected chi connectivity index (χ1v) is 8.01. The summed E-state index contributed by atoms with van der Waals surface area (Å²) >= 11 is 0. The van der Waals surface area contributed by atoms with Crippen molar-refractivity contribution >= 4 is 11.6 Å². The van der Waals surface area contributed by atoms with Gasteiger partial charge in [0, 0.05) is 23.7 Å². The number of carbonyl (C=O) groups is 1. The number of nitro benzene ring substituents is 1. The quantitative estimate of drug-likeness (QED) is 0.586. The van der Waals surface area contributed by atoms with Crippen LogP contribution in [0.3, 0.4) is 0 Å². The largest absolute Gasteiger partial charge is 0.366 e. The second-order valence-electron chi connectivity index (χ2n) is 5.99. The Hall–Kier alpha value is -1.99. The van der Waals surface area contributed by atoms with E-state index in [0.29, 0.717) is 18.0 Å². The molecule has 7 nitrogen and oxygen atoms in total. The van der Waals surface area contributed by atoms with Crippen LogP contribution in [0, 0.1) is 16.0 Å². The number of rotatable bonds is 7. The molecule has 23 heavy (non-hydrogen) atoms. The Balaban J connectivity index is 2.00. The summed E-state index contributed by atoms with van der Waals surface area (Å²) in [5.74, 6) is 0.0299. The molecule has 1 amide bonds. The average Bonchev–Trinajstić information content (AvgIpc) is 2.54. The minimum absolute atomic E-state index is 0.0314. The number of hydrogen-bond donors (Lipinski definition) is 2. The molecule has 0 unspecified atom stereocenters. The normalized spacial score (nSPS) is 16.4. The number of hydrogen-bond acceptors (Lipinski definition) is 5. The van der Waals surface area contributed by atoms with Gasteiger partial charge in [-0.2, -0.15) is 0 Å². The van der Waals surface area contributed by atoms with E-state index in [4.69, 9.17) is 5.73 Å². The maximum absolute atomic E-state index is 11.2. The number of nitro groups is 1. The summed E-state index contributed by atoms with van der Waals surface area (Å²) in [7, 11) is 0. The van der Waals surface area contributed by atoms with Gasteiger partial charge in [0.2, 0.25) is 5.91 Å². The average molecular weight is 320 g/mol. The van der Waals surface area contributed by atoms with Crippen LogP contribution in [0.4, 0.5) is 5.69 Å². The van der Waals surface area contributed by atoms with Crippen molar-refractivity contribution in [2.75, 3.05) is 26.2 Å². The van der Waals surface area contributed by atoms with E-state index in [9.17, 15) is 14.9 Å². The molecule has 0 aliphatic carbocycles. The number of nitrogens with zero attached hydrogens (tertiary/aromatic N) is 2. The Morgan fingerprint density at radius 3 is 2.70 bits per heavy atom. The van der Waals surface area contributed by atoms with Gasteiger partial charge in [-0.05, 0) is 51.0 Å². The molecule has 0 aromatic heterocycles. The van der Waals surface area contributed by atoms with E-state index in [-0.39, 0.29) is 11.3 Å². The summed E-state index contributed by atoms with van der Waals surface area (Å²) in [6.07, 6.45) is 2.19. The fraction of sp³-hybridized carbons (Fsp3) is 0.562. The molecule has 1 aliphatic heterocycles. The van der Waals surface area contributed by atoms with Crippen LogP contribution in [-0.2, 0) is 6.54 Å². The second-order valence-corrected chi connectivity index (χ2v) is 5.99. The first-order valence-electron chi connectivity index (χ1n) is 8.01. The molecule has 0 saturated carbocycles. The van der Waals surface area contributed by atoms with E-state index in [1.807, 2.05) is 0 Å². The lowest BCUT2D eigenvalue weighted by Gasteiger charge is -2.32. The van der Waals surface area contributed by atoms with Crippen molar-refractivity contribution in [2.45, 2.75) is 26.3 Å². The number of benzene rings is 1. The number of primary amides is 1. The number of amides is 1. The molecule has 1 aromatic carbocycles. The lowest BCUT2D eigenvalue weighted by molar-refractivity contribution is -0.385. The molecule has 2 rings (SSSR count). The molecular weight excluding hydrogens is 296 g/mol. The summed E-state index contributed by atoms with van der Waals surface area (Å²) in [5, 5.41) is 14.6. The molecule has 1 aromatic rings. The van der Waals surface area contributed by atoms with Crippen LogP contribution < -0.4 is 11.1 Å². The highest BCUT2D eigenvalue weighted by Crippen LogP contribution is 2.24. The van der Waals surface area contributed by atoms with E-state index in [1.165, 1.54) is 6.07 Å². The molecule has 1 saturated heterocycles. The topological polar surface area (TPSA) is 102 Å². The highest BCUT2D eigenvalue weighted by Gasteiger charge is 2.22. The lowest BCUT2D eigenvalue weighted by Crippen LogP contribution is -2.37. The molecular formula is C16H24N4O3. The van der Waals surface area contributed by atoms with Crippen LogP contribution >= 0.6 is 0 Å². The highest BCUT2D eigenvalue weighted by molar-refractivity contribution is 5.93. The molecule has 1 heterocycles. The standard InChI is InChI=1S/C16H24N4O3/c1-2-18-10-12-5-7-19(8-6-12)11-14-4-3-13(16(17)21)9-15(14)20(22)23/h3-4,9,12,18H,2,5-8,10-11H2,1H3,(H2,17,21). The third kappa shape index (κ3) is 4.74. The van der Waals surface area contributed by atoms with Crippen LogP contribution in [0.2, 0.25) is 0 Å². The van der Waals surface area contributed by atoms with Crippen molar-refractivity contribution in [2.24, 2.45) is 11.7 Å². The molecule has 0 atom stereocenters. The van der Waals surface area contributed by atoms with Gasteiger partial charge in [0.15, 0.2) is 0 Å². The van der Waals surface area contributed by atoms with E-state index < -0.39 is 10.8 Å². The highest BCUT2D eigenvalue weighted by atomic mass is 16.6. The first-order chi connectivity index (χ1) is 11.0. The Morgan fingerprint density at radius 2 is 2.13 bits per heavy atom. The van der Waals surface area contributed by atoms with Gasteiger partial charge in [-0.15, -0.1) is 0 Å². The Labute approximate surface area is 136 Å². The predicted octanol–water partition coefficient (Wildman–Crippen LogP) is 1.52. The summed E-state index contributed by atoms with van der Waals surface area (Å²) in [5.41, 5.74) is 5.96. The summed E-state index contributed by atoms with van der Waals surface area (Å²) in [6.45, 7) is 6.53. The molecule has 7 heteroatoms. The van der Waals surface area contributed by atoms with Gasteiger partial charge in [0.25, 0.3) is 5.69 Å². The van der Waals surface area contributed by atoms with Gasteiger partial charge in [-0.1, -0.05) is 13.0 Å². The monoisotopic (exact) mass is 320 g/mol. The number of carbonyl (C=O) groups excluding carboxylic acids is 1. The molecule has 0 bridgehead atoms. The van der Waals surface area contributed by atoms with Gasteiger partial charge >= 0.3 is 0 Å². The van der Waals surface area contributed by atoms with Gasteiger partial charge in [-0.3, -0.25) is 19.8 Å². The van der Waals surface area contributed by atoms with Crippen molar-refractivity contribution in [3.8, 4) is 0 Å². The number of nitrogens with two attached hydrogens (primary N) is 1. The van der Waals surface area contributed by atoms with Crippen molar-refractivity contribution in [1.82, 2.24) is 10.2 Å². The zero-order chi connectivity index (χ0) is 16.8. The molecule has 0 spiro atoms. The Morgan fingerprint density at radius 1 is 1.43 bits per heavy atom. The fourth-order valence-corrected chi connectivity index (χ4v) is 2.96. The SMILES string of the molecule is CCNCC1CCN(Cc2ccc(C(N)=O)cc2[N+](=O)[O-])CC1. The van der Waals surface area contributed by atoms with Crippen molar-refractivity contribution in [3.63, 3.8) is 0 Å². The van der Waals surface area contributed by atoms with Crippen LogP contribution in [0.15, 0.2) is 18.2 Å². The van der Waals surface area contributed by atoms with E-state index in [1.54, 1.807) is 12.1 Å². The Bertz CT molecular complexity index is 568. The zero-order valence-electron chi connectivity index (χ0n) is 13.5. The van der Waals surface area contributed by atoms with E-state index >= 15 is 0 Å². The Kier molecular flexibility index (Phi) is 6.06. The van der Waals surface area contributed by atoms with Crippen LogP contribution in [0.5, 0.6) is 0 Å². The predicted molar refractivity (Wildman–Crippen MR) is 88.2 cm³/mol. The maximum atomic E-state index is 11.2. The minimum Gasteiger partial charge on any atom is -0.366 e. The van der Waals surface area contributed by atoms with Crippen molar-refractivity contribution in [1.29, 1.82) is 0 Å². The van der Waals surface area contributed by atoms with Gasteiger partial charge in [0.1, 0.15) is 0 Å². The summed E-state index contributed by atoms with van der Waals surface area (Å²) < 4.78 is 0. The smallest absolute Gasteiger partial charge is 0.274 e. The summed E-state index contributed by atoms with van der Waals surface area (Å²) in [4.78, 5) is 24.2. The van der Waals surface area contributed by atoms with E-state index in [2.05, 4.69) is 17.1 Å². The minimum atomic E-state index is -0.649. The van der Waals surface area contributed by atoms with Crippen molar-refractivity contribution in [3.05, 3.63) is 39.4 Å². The number of piperidine rings is 1. The van der Waals surface area contributed by atoms with Crippen molar-refractivity contribution < 1.29 is 9.72 Å². The maximum Gasteiger partial charge on any atom is 0.274 e. The number of nitrogens with one attached hydrogen (secondary N) is 1. The molecule has 0 radical (unpaired) electrons. The molecule has 1 aliphatic rings. The lowest BCUT2D eigenvalue weighted by atomic mass is 9.96.